The summed E-state index contributed by atoms with van der Waals surface area (Å²) >= 11 is 0. The summed E-state index contributed by atoms with van der Waals surface area (Å²) in [7, 11) is -2.29. The standard InChI is InChI=1S/C11H16N2O5S/c1-3-18-7-6-13(2)19(16,17)10-5-4-9(8-12-10)11(14)15/h4-5,8H,3,6-7H2,1-2H3,(H,14,15). The lowest BCUT2D eigenvalue weighted by Crippen LogP contribution is -2.31. The van der Waals surface area contributed by atoms with Crippen LogP contribution in [0.3, 0.4) is 0 Å². The van der Waals surface area contributed by atoms with E-state index < -0.39 is 16.0 Å². The molecule has 0 aromatic carbocycles. The molecule has 1 rings (SSSR count). The summed E-state index contributed by atoms with van der Waals surface area (Å²) in [5.74, 6) is -1.15. The number of pyridine rings is 1. The van der Waals surface area contributed by atoms with Gasteiger partial charge in [-0.2, -0.15) is 4.31 Å². The highest BCUT2D eigenvalue weighted by molar-refractivity contribution is 7.89. The lowest BCUT2D eigenvalue weighted by atomic mass is 10.3. The zero-order chi connectivity index (χ0) is 14.5. The SMILES string of the molecule is CCOCCN(C)S(=O)(=O)c1ccc(C(=O)O)cn1. The van der Waals surface area contributed by atoms with Crippen LogP contribution in [0.4, 0.5) is 0 Å². The van der Waals surface area contributed by atoms with Crippen LogP contribution in [-0.4, -0.2) is 55.6 Å². The fourth-order valence-corrected chi connectivity index (χ4v) is 2.34. The quantitative estimate of drug-likeness (QED) is 0.731. The van der Waals surface area contributed by atoms with E-state index in [1.54, 1.807) is 0 Å². The number of nitrogens with zero attached hydrogens (tertiary/aromatic N) is 2. The maximum Gasteiger partial charge on any atom is 0.337 e. The summed E-state index contributed by atoms with van der Waals surface area (Å²) in [5.41, 5.74) is -0.0593. The van der Waals surface area contributed by atoms with Crippen molar-refractivity contribution < 1.29 is 23.1 Å². The largest absolute Gasteiger partial charge is 0.478 e. The van der Waals surface area contributed by atoms with Crippen molar-refractivity contribution in [2.75, 3.05) is 26.8 Å². The van der Waals surface area contributed by atoms with Gasteiger partial charge in [-0.25, -0.2) is 18.2 Å². The zero-order valence-electron chi connectivity index (χ0n) is 10.7. The van der Waals surface area contributed by atoms with Gasteiger partial charge in [-0.1, -0.05) is 0 Å². The Kier molecular flexibility index (Phi) is 5.40. The van der Waals surface area contributed by atoms with E-state index in [0.717, 1.165) is 10.5 Å². The first-order chi connectivity index (χ1) is 8.89. The van der Waals surface area contributed by atoms with Crippen molar-refractivity contribution in [1.29, 1.82) is 0 Å². The number of rotatable bonds is 7. The van der Waals surface area contributed by atoms with Crippen molar-refractivity contribution in [3.63, 3.8) is 0 Å². The van der Waals surface area contributed by atoms with Crippen LogP contribution < -0.4 is 0 Å². The minimum atomic E-state index is -3.71. The minimum Gasteiger partial charge on any atom is -0.478 e. The maximum absolute atomic E-state index is 12.1. The molecule has 0 spiro atoms. The monoisotopic (exact) mass is 288 g/mol. The number of carbonyl (C=O) groups is 1. The molecule has 19 heavy (non-hydrogen) atoms. The van der Waals surface area contributed by atoms with Gasteiger partial charge >= 0.3 is 5.97 Å². The third-order valence-electron chi connectivity index (χ3n) is 2.41. The van der Waals surface area contributed by atoms with Gasteiger partial charge in [0, 0.05) is 26.4 Å². The van der Waals surface area contributed by atoms with E-state index in [9.17, 15) is 13.2 Å². The number of hydrogen-bond donors (Lipinski definition) is 1. The Labute approximate surface area is 111 Å². The molecular formula is C11H16N2O5S. The van der Waals surface area contributed by atoms with Crippen LogP contribution in [0.2, 0.25) is 0 Å². The van der Waals surface area contributed by atoms with Gasteiger partial charge in [0.15, 0.2) is 5.03 Å². The predicted octanol–water partition coefficient (Wildman–Crippen LogP) is 0.437. The molecule has 0 aliphatic rings. The van der Waals surface area contributed by atoms with Crippen molar-refractivity contribution in [2.24, 2.45) is 0 Å². The number of hydrogen-bond acceptors (Lipinski definition) is 5. The van der Waals surface area contributed by atoms with E-state index in [2.05, 4.69) is 4.98 Å². The zero-order valence-corrected chi connectivity index (χ0v) is 11.6. The van der Waals surface area contributed by atoms with Gasteiger partial charge in [0.1, 0.15) is 0 Å². The lowest BCUT2D eigenvalue weighted by molar-refractivity contribution is 0.0696. The molecular weight excluding hydrogens is 272 g/mol. The van der Waals surface area contributed by atoms with Gasteiger partial charge in [0.05, 0.1) is 12.2 Å². The van der Waals surface area contributed by atoms with Crippen LogP contribution in [-0.2, 0) is 14.8 Å². The normalized spacial score (nSPS) is 11.7. The number of aromatic carboxylic acids is 1. The van der Waals surface area contributed by atoms with Crippen LogP contribution in [0.25, 0.3) is 0 Å². The Balaban J connectivity index is 2.84. The van der Waals surface area contributed by atoms with Crippen LogP contribution >= 0.6 is 0 Å². The second-order valence-electron chi connectivity index (χ2n) is 3.71. The number of aromatic nitrogens is 1. The number of sulfonamides is 1. The highest BCUT2D eigenvalue weighted by Gasteiger charge is 2.22. The molecule has 0 fully saturated rings. The average molecular weight is 288 g/mol. The number of ether oxygens (including phenoxy) is 1. The molecule has 0 radical (unpaired) electrons. The summed E-state index contributed by atoms with van der Waals surface area (Å²) in [6, 6.07) is 2.38. The van der Waals surface area contributed by atoms with E-state index in [0.29, 0.717) is 13.2 Å². The van der Waals surface area contributed by atoms with Gasteiger partial charge < -0.3 is 9.84 Å². The van der Waals surface area contributed by atoms with Crippen LogP contribution in [0, 0.1) is 0 Å². The van der Waals surface area contributed by atoms with E-state index in [-0.39, 0.29) is 17.1 Å². The van der Waals surface area contributed by atoms with Crippen molar-refractivity contribution in [1.82, 2.24) is 9.29 Å². The second kappa shape index (κ2) is 6.60. The van der Waals surface area contributed by atoms with Crippen LogP contribution in [0.5, 0.6) is 0 Å². The Morgan fingerprint density at radius 1 is 1.47 bits per heavy atom. The molecule has 1 N–H and O–H groups in total. The fourth-order valence-electron chi connectivity index (χ4n) is 1.28. The van der Waals surface area contributed by atoms with Crippen molar-refractivity contribution >= 4 is 16.0 Å². The topological polar surface area (TPSA) is 96.8 Å². The second-order valence-corrected chi connectivity index (χ2v) is 5.71. The van der Waals surface area contributed by atoms with E-state index in [1.807, 2.05) is 6.92 Å². The molecule has 0 saturated carbocycles. The summed E-state index contributed by atoms with van der Waals surface area (Å²) in [4.78, 5) is 14.3. The molecule has 1 aromatic rings. The number of carboxylic acids is 1. The summed E-state index contributed by atoms with van der Waals surface area (Å²) in [5, 5.41) is 8.53. The minimum absolute atomic E-state index is 0.0593. The predicted molar refractivity (Wildman–Crippen MR) is 67.5 cm³/mol. The van der Waals surface area contributed by atoms with Gasteiger partial charge in [0.25, 0.3) is 10.0 Å². The molecule has 0 aliphatic heterocycles. The van der Waals surface area contributed by atoms with Crippen LogP contribution in [0.15, 0.2) is 23.4 Å². The third kappa shape index (κ3) is 3.98. The molecule has 8 heteroatoms. The molecule has 0 amide bonds. The molecule has 0 aliphatic carbocycles. The Morgan fingerprint density at radius 2 is 2.16 bits per heavy atom. The average Bonchev–Trinajstić information content (AvgIpc) is 2.39. The van der Waals surface area contributed by atoms with Crippen molar-refractivity contribution in [3.8, 4) is 0 Å². The molecule has 0 saturated heterocycles. The van der Waals surface area contributed by atoms with Gasteiger partial charge in [-0.05, 0) is 19.1 Å². The molecule has 0 unspecified atom stereocenters. The number of carboxylic acid groups (broad SMARTS) is 1. The Morgan fingerprint density at radius 3 is 2.63 bits per heavy atom. The summed E-state index contributed by atoms with van der Waals surface area (Å²) in [6.45, 7) is 2.83. The first-order valence-electron chi connectivity index (χ1n) is 5.63. The van der Waals surface area contributed by atoms with Crippen molar-refractivity contribution in [2.45, 2.75) is 11.9 Å². The summed E-state index contributed by atoms with van der Waals surface area (Å²) < 4.78 is 30.3. The highest BCUT2D eigenvalue weighted by Crippen LogP contribution is 2.11. The summed E-state index contributed by atoms with van der Waals surface area (Å²) in [6.07, 6.45) is 1.02. The first kappa shape index (κ1) is 15.5. The van der Waals surface area contributed by atoms with Gasteiger partial charge in [-0.15, -0.1) is 0 Å². The van der Waals surface area contributed by atoms with Gasteiger partial charge in [-0.3, -0.25) is 0 Å². The molecule has 0 atom stereocenters. The first-order valence-corrected chi connectivity index (χ1v) is 7.07. The van der Waals surface area contributed by atoms with E-state index in [1.165, 1.54) is 19.2 Å². The third-order valence-corrected chi connectivity index (χ3v) is 4.19. The molecule has 106 valence electrons. The molecule has 1 heterocycles. The maximum atomic E-state index is 12.1. The molecule has 0 bridgehead atoms. The Hall–Kier alpha value is -1.51. The lowest BCUT2D eigenvalue weighted by Gasteiger charge is -2.16. The fraction of sp³-hybridized carbons (Fsp3) is 0.455. The molecule has 1 aromatic heterocycles. The highest BCUT2D eigenvalue weighted by atomic mass is 32.2. The Bertz CT molecular complexity index is 527. The van der Waals surface area contributed by atoms with Gasteiger partial charge in [0.2, 0.25) is 0 Å². The van der Waals surface area contributed by atoms with E-state index in [4.69, 9.17) is 9.84 Å². The smallest absolute Gasteiger partial charge is 0.337 e. The van der Waals surface area contributed by atoms with Crippen molar-refractivity contribution in [3.05, 3.63) is 23.9 Å². The van der Waals surface area contributed by atoms with E-state index >= 15 is 0 Å². The number of likely N-dealkylation sites (N-methyl/N-ethyl adjacent to an activating group) is 1. The van der Waals surface area contributed by atoms with Crippen LogP contribution in [0.1, 0.15) is 17.3 Å². The molecule has 7 nitrogen and oxygen atoms in total.